The lowest BCUT2D eigenvalue weighted by molar-refractivity contribution is -0.115. The molecule has 2 rings (SSSR count). The van der Waals surface area contributed by atoms with Crippen molar-refractivity contribution in [3.8, 4) is 0 Å². The van der Waals surface area contributed by atoms with Crippen LogP contribution in [0.1, 0.15) is 36.1 Å². The Morgan fingerprint density at radius 1 is 1.27 bits per heavy atom. The molecule has 22 heavy (non-hydrogen) atoms. The standard InChI is InChI=1S/C15H20N4O2S/c1-6-12(14(20)18-13-7-8(2)21-19-13)22-15-16-10(4)9(3)11(5)17-15/h7,12H,6H2,1-5H3,(H,18,19,20). The van der Waals surface area contributed by atoms with Crippen LogP contribution < -0.4 is 5.32 Å². The molecule has 0 spiro atoms. The fourth-order valence-electron chi connectivity index (χ4n) is 1.88. The van der Waals surface area contributed by atoms with Crippen molar-refractivity contribution >= 4 is 23.5 Å². The van der Waals surface area contributed by atoms with Gasteiger partial charge in [-0.05, 0) is 39.7 Å². The normalized spacial score (nSPS) is 12.2. The van der Waals surface area contributed by atoms with E-state index >= 15 is 0 Å². The average molecular weight is 320 g/mol. The summed E-state index contributed by atoms with van der Waals surface area (Å²) in [7, 11) is 0. The number of nitrogens with zero attached hydrogens (tertiary/aromatic N) is 3. The molecule has 118 valence electrons. The maximum atomic E-state index is 12.3. The third-order valence-corrected chi connectivity index (χ3v) is 4.63. The number of carbonyl (C=O) groups is 1. The first kappa shape index (κ1) is 16.5. The van der Waals surface area contributed by atoms with Gasteiger partial charge in [0, 0.05) is 17.5 Å². The van der Waals surface area contributed by atoms with Crippen LogP contribution in [0.2, 0.25) is 0 Å². The lowest BCUT2D eigenvalue weighted by Gasteiger charge is -2.13. The van der Waals surface area contributed by atoms with Gasteiger partial charge in [-0.1, -0.05) is 23.8 Å². The van der Waals surface area contributed by atoms with Gasteiger partial charge >= 0.3 is 0 Å². The fourth-order valence-corrected chi connectivity index (χ4v) is 2.84. The summed E-state index contributed by atoms with van der Waals surface area (Å²) in [6.45, 7) is 9.64. The van der Waals surface area contributed by atoms with Gasteiger partial charge < -0.3 is 9.84 Å². The van der Waals surface area contributed by atoms with Crippen molar-refractivity contribution < 1.29 is 9.32 Å². The van der Waals surface area contributed by atoms with Crippen molar-refractivity contribution in [2.24, 2.45) is 0 Å². The van der Waals surface area contributed by atoms with Crippen molar-refractivity contribution in [1.29, 1.82) is 0 Å². The fraction of sp³-hybridized carbons (Fsp3) is 0.467. The molecule has 0 fully saturated rings. The van der Waals surface area contributed by atoms with Gasteiger partial charge in [-0.25, -0.2) is 9.97 Å². The number of amides is 1. The predicted molar refractivity (Wildman–Crippen MR) is 86.0 cm³/mol. The second-order valence-electron chi connectivity index (χ2n) is 5.13. The highest BCUT2D eigenvalue weighted by Crippen LogP contribution is 2.25. The summed E-state index contributed by atoms with van der Waals surface area (Å²) in [6, 6.07) is 1.69. The molecule has 0 saturated heterocycles. The van der Waals surface area contributed by atoms with Crippen molar-refractivity contribution in [2.45, 2.75) is 51.4 Å². The van der Waals surface area contributed by atoms with E-state index in [0.717, 1.165) is 17.0 Å². The number of nitrogens with one attached hydrogen (secondary N) is 1. The van der Waals surface area contributed by atoms with E-state index in [2.05, 4.69) is 20.4 Å². The van der Waals surface area contributed by atoms with E-state index in [9.17, 15) is 4.79 Å². The second kappa shape index (κ2) is 6.91. The number of rotatable bonds is 5. The Kier molecular flexibility index (Phi) is 5.18. The molecule has 1 N–H and O–H groups in total. The van der Waals surface area contributed by atoms with Crippen molar-refractivity contribution in [3.63, 3.8) is 0 Å². The van der Waals surface area contributed by atoms with Gasteiger partial charge in [0.15, 0.2) is 11.0 Å². The Hall–Kier alpha value is -1.89. The van der Waals surface area contributed by atoms with Crippen LogP contribution in [-0.4, -0.2) is 26.3 Å². The summed E-state index contributed by atoms with van der Waals surface area (Å²) in [6.07, 6.45) is 0.669. The zero-order valence-corrected chi connectivity index (χ0v) is 14.2. The first-order valence-electron chi connectivity index (χ1n) is 7.13. The van der Waals surface area contributed by atoms with E-state index in [1.165, 1.54) is 11.8 Å². The molecule has 0 aliphatic heterocycles. The van der Waals surface area contributed by atoms with Gasteiger partial charge in [0.2, 0.25) is 5.91 Å². The summed E-state index contributed by atoms with van der Waals surface area (Å²) in [5.74, 6) is 0.961. The minimum atomic E-state index is -0.279. The molecule has 0 aliphatic rings. The van der Waals surface area contributed by atoms with Gasteiger partial charge in [0.1, 0.15) is 5.76 Å². The molecule has 1 unspecified atom stereocenters. The van der Waals surface area contributed by atoms with Gasteiger partial charge in [0.25, 0.3) is 0 Å². The number of aromatic nitrogens is 3. The van der Waals surface area contributed by atoms with Crippen molar-refractivity contribution in [1.82, 2.24) is 15.1 Å². The molecule has 2 aromatic rings. The van der Waals surface area contributed by atoms with Crippen LogP contribution in [0.5, 0.6) is 0 Å². The van der Waals surface area contributed by atoms with Crippen LogP contribution in [0.3, 0.4) is 0 Å². The monoisotopic (exact) mass is 320 g/mol. The van der Waals surface area contributed by atoms with Crippen molar-refractivity contribution in [2.75, 3.05) is 5.32 Å². The number of anilines is 1. The Morgan fingerprint density at radius 3 is 2.41 bits per heavy atom. The molecule has 0 saturated carbocycles. The molecule has 1 atom stereocenters. The van der Waals surface area contributed by atoms with E-state index in [-0.39, 0.29) is 11.2 Å². The minimum absolute atomic E-state index is 0.125. The quantitative estimate of drug-likeness (QED) is 0.673. The lowest BCUT2D eigenvalue weighted by Crippen LogP contribution is -2.25. The Morgan fingerprint density at radius 2 is 1.91 bits per heavy atom. The topological polar surface area (TPSA) is 80.9 Å². The van der Waals surface area contributed by atoms with E-state index in [0.29, 0.717) is 23.2 Å². The minimum Gasteiger partial charge on any atom is -0.360 e. The number of aryl methyl sites for hydroxylation is 3. The number of carbonyl (C=O) groups excluding carboxylic acids is 1. The zero-order chi connectivity index (χ0) is 16.3. The van der Waals surface area contributed by atoms with Crippen LogP contribution >= 0.6 is 11.8 Å². The molecule has 7 heteroatoms. The van der Waals surface area contributed by atoms with E-state index in [1.807, 2.05) is 27.7 Å². The first-order chi connectivity index (χ1) is 10.4. The summed E-state index contributed by atoms with van der Waals surface area (Å²) >= 11 is 1.37. The highest BCUT2D eigenvalue weighted by Gasteiger charge is 2.21. The maximum absolute atomic E-state index is 12.3. The second-order valence-corrected chi connectivity index (χ2v) is 6.30. The molecule has 0 aromatic carbocycles. The van der Waals surface area contributed by atoms with E-state index < -0.39 is 0 Å². The smallest absolute Gasteiger partial charge is 0.239 e. The Bertz CT molecular complexity index is 661. The average Bonchev–Trinajstić information content (AvgIpc) is 2.87. The SMILES string of the molecule is CCC(Sc1nc(C)c(C)c(C)n1)C(=O)Nc1cc(C)on1. The molecule has 0 bridgehead atoms. The molecular formula is C15H20N4O2S. The largest absolute Gasteiger partial charge is 0.360 e. The Balaban J connectivity index is 2.10. The number of thioether (sulfide) groups is 1. The van der Waals surface area contributed by atoms with Gasteiger partial charge in [0.05, 0.1) is 5.25 Å². The molecule has 2 aromatic heterocycles. The van der Waals surface area contributed by atoms with Gasteiger partial charge in [-0.3, -0.25) is 4.79 Å². The molecular weight excluding hydrogens is 300 g/mol. The summed E-state index contributed by atoms with van der Waals surface area (Å²) in [5, 5.41) is 6.87. The van der Waals surface area contributed by atoms with E-state index in [4.69, 9.17) is 4.52 Å². The molecule has 0 radical (unpaired) electrons. The Labute approximate surface area is 134 Å². The first-order valence-corrected chi connectivity index (χ1v) is 8.01. The van der Waals surface area contributed by atoms with Gasteiger partial charge in [-0.2, -0.15) is 0 Å². The predicted octanol–water partition coefficient (Wildman–Crippen LogP) is 3.21. The number of hydrogen-bond acceptors (Lipinski definition) is 6. The zero-order valence-electron chi connectivity index (χ0n) is 13.4. The highest BCUT2D eigenvalue weighted by molar-refractivity contribution is 8.00. The molecule has 0 aliphatic carbocycles. The molecule has 2 heterocycles. The highest BCUT2D eigenvalue weighted by atomic mass is 32.2. The summed E-state index contributed by atoms with van der Waals surface area (Å²) < 4.78 is 4.95. The lowest BCUT2D eigenvalue weighted by atomic mass is 10.2. The van der Waals surface area contributed by atoms with E-state index in [1.54, 1.807) is 13.0 Å². The van der Waals surface area contributed by atoms with Crippen LogP contribution in [0.15, 0.2) is 15.7 Å². The number of hydrogen-bond donors (Lipinski definition) is 1. The maximum Gasteiger partial charge on any atom is 0.239 e. The third kappa shape index (κ3) is 3.85. The summed E-state index contributed by atoms with van der Waals surface area (Å²) in [5.41, 5.74) is 2.97. The van der Waals surface area contributed by atoms with Crippen LogP contribution in [-0.2, 0) is 4.79 Å². The third-order valence-electron chi connectivity index (χ3n) is 3.40. The van der Waals surface area contributed by atoms with Crippen LogP contribution in [0.25, 0.3) is 0 Å². The van der Waals surface area contributed by atoms with Gasteiger partial charge in [-0.15, -0.1) is 0 Å². The molecule has 6 nitrogen and oxygen atoms in total. The molecule has 1 amide bonds. The van der Waals surface area contributed by atoms with Crippen LogP contribution in [0.4, 0.5) is 5.82 Å². The van der Waals surface area contributed by atoms with Crippen LogP contribution in [0, 0.1) is 27.7 Å². The van der Waals surface area contributed by atoms with Crippen molar-refractivity contribution in [3.05, 3.63) is 28.8 Å². The summed E-state index contributed by atoms with van der Waals surface area (Å²) in [4.78, 5) is 21.2.